The van der Waals surface area contributed by atoms with Crippen molar-refractivity contribution in [3.05, 3.63) is 70.2 Å². The third kappa shape index (κ3) is 4.20. The number of rotatable bonds is 5. The number of benzene rings is 2. The van der Waals surface area contributed by atoms with E-state index >= 15 is 0 Å². The Bertz CT molecular complexity index is 551. The topological polar surface area (TPSA) is 20.3 Å². The Morgan fingerprint density at radius 2 is 1.65 bits per heavy atom. The van der Waals surface area contributed by atoms with Crippen molar-refractivity contribution in [2.24, 2.45) is 0 Å². The van der Waals surface area contributed by atoms with Crippen LogP contribution in [-0.2, 0) is 17.8 Å². The van der Waals surface area contributed by atoms with Crippen molar-refractivity contribution in [2.75, 3.05) is 6.54 Å². The van der Waals surface area contributed by atoms with Crippen LogP contribution in [0.25, 0.3) is 0 Å². The summed E-state index contributed by atoms with van der Waals surface area (Å²) in [5, 5.41) is 0. The third-order valence-electron chi connectivity index (χ3n) is 3.22. The van der Waals surface area contributed by atoms with E-state index in [9.17, 15) is 4.79 Å². The van der Waals surface area contributed by atoms with E-state index in [1.807, 2.05) is 54.3 Å². The first kappa shape index (κ1) is 14.8. The first-order valence-electron chi connectivity index (χ1n) is 6.75. The molecular formula is C17H18BrNO. The number of halogens is 1. The second-order valence-corrected chi connectivity index (χ2v) is 5.61. The molecule has 2 aromatic rings. The van der Waals surface area contributed by atoms with Gasteiger partial charge in [-0.2, -0.15) is 0 Å². The number of carbonyl (C=O) groups excluding carboxylic acids is 1. The molecule has 0 bridgehead atoms. The van der Waals surface area contributed by atoms with Crippen molar-refractivity contribution in [3.8, 4) is 0 Å². The maximum Gasteiger partial charge on any atom is 0.227 e. The third-order valence-corrected chi connectivity index (χ3v) is 3.75. The van der Waals surface area contributed by atoms with Crippen LogP contribution in [0.5, 0.6) is 0 Å². The monoisotopic (exact) mass is 331 g/mol. The second kappa shape index (κ2) is 7.25. The number of carbonyl (C=O) groups is 1. The lowest BCUT2D eigenvalue weighted by Crippen LogP contribution is -2.31. The molecule has 2 rings (SSSR count). The molecule has 0 aliphatic rings. The standard InChI is InChI=1S/C17H18BrNO/c1-2-19(13-15-6-4-3-5-7-15)17(20)12-14-8-10-16(18)11-9-14/h3-11H,2,12-13H2,1H3. The maximum atomic E-state index is 12.3. The lowest BCUT2D eigenvalue weighted by atomic mass is 10.1. The highest BCUT2D eigenvalue weighted by molar-refractivity contribution is 9.10. The highest BCUT2D eigenvalue weighted by Crippen LogP contribution is 2.12. The molecule has 3 heteroatoms. The lowest BCUT2D eigenvalue weighted by molar-refractivity contribution is -0.130. The smallest absolute Gasteiger partial charge is 0.227 e. The minimum atomic E-state index is 0.165. The van der Waals surface area contributed by atoms with Crippen LogP contribution in [0, 0.1) is 0 Å². The average molecular weight is 332 g/mol. The van der Waals surface area contributed by atoms with Gasteiger partial charge in [-0.25, -0.2) is 0 Å². The van der Waals surface area contributed by atoms with Crippen molar-refractivity contribution in [3.63, 3.8) is 0 Å². The van der Waals surface area contributed by atoms with E-state index in [0.29, 0.717) is 13.0 Å². The summed E-state index contributed by atoms with van der Waals surface area (Å²) in [5.74, 6) is 0.165. The average Bonchev–Trinajstić information content (AvgIpc) is 2.48. The molecule has 0 radical (unpaired) electrons. The fourth-order valence-corrected chi connectivity index (χ4v) is 2.33. The molecule has 1 amide bonds. The van der Waals surface area contributed by atoms with Gasteiger partial charge in [0, 0.05) is 17.6 Å². The van der Waals surface area contributed by atoms with Gasteiger partial charge in [-0.05, 0) is 30.2 Å². The maximum absolute atomic E-state index is 12.3. The SMILES string of the molecule is CCN(Cc1ccccc1)C(=O)Cc1ccc(Br)cc1. The Labute approximate surface area is 128 Å². The van der Waals surface area contributed by atoms with Crippen LogP contribution >= 0.6 is 15.9 Å². The number of hydrogen-bond donors (Lipinski definition) is 0. The highest BCUT2D eigenvalue weighted by Gasteiger charge is 2.12. The molecule has 0 fully saturated rings. The fraction of sp³-hybridized carbons (Fsp3) is 0.235. The van der Waals surface area contributed by atoms with Crippen LogP contribution in [0.1, 0.15) is 18.1 Å². The van der Waals surface area contributed by atoms with E-state index in [0.717, 1.165) is 16.6 Å². The van der Waals surface area contributed by atoms with Gasteiger partial charge in [0.15, 0.2) is 0 Å². The van der Waals surface area contributed by atoms with Crippen LogP contribution in [-0.4, -0.2) is 17.4 Å². The van der Waals surface area contributed by atoms with Crippen molar-refractivity contribution in [1.82, 2.24) is 4.90 Å². The molecule has 104 valence electrons. The molecule has 0 unspecified atom stereocenters. The van der Waals surface area contributed by atoms with Gasteiger partial charge in [0.2, 0.25) is 5.91 Å². The summed E-state index contributed by atoms with van der Waals surface area (Å²) in [7, 11) is 0. The quantitative estimate of drug-likeness (QED) is 0.809. The van der Waals surface area contributed by atoms with Gasteiger partial charge >= 0.3 is 0 Å². The minimum absolute atomic E-state index is 0.165. The van der Waals surface area contributed by atoms with Crippen LogP contribution in [0.4, 0.5) is 0 Å². The number of hydrogen-bond acceptors (Lipinski definition) is 1. The van der Waals surface area contributed by atoms with Crippen LogP contribution in [0.15, 0.2) is 59.1 Å². The second-order valence-electron chi connectivity index (χ2n) is 4.70. The first-order chi connectivity index (χ1) is 9.69. The van der Waals surface area contributed by atoms with Crippen LogP contribution in [0.2, 0.25) is 0 Å². The van der Waals surface area contributed by atoms with E-state index in [4.69, 9.17) is 0 Å². The summed E-state index contributed by atoms with van der Waals surface area (Å²) in [5.41, 5.74) is 2.21. The summed E-state index contributed by atoms with van der Waals surface area (Å²) < 4.78 is 1.03. The lowest BCUT2D eigenvalue weighted by Gasteiger charge is -2.21. The molecule has 0 aliphatic carbocycles. The molecule has 0 N–H and O–H groups in total. The number of amides is 1. The van der Waals surface area contributed by atoms with Crippen molar-refractivity contribution >= 4 is 21.8 Å². The van der Waals surface area contributed by atoms with Gasteiger partial charge in [0.25, 0.3) is 0 Å². The van der Waals surface area contributed by atoms with Crippen molar-refractivity contribution in [1.29, 1.82) is 0 Å². The van der Waals surface area contributed by atoms with E-state index < -0.39 is 0 Å². The molecule has 20 heavy (non-hydrogen) atoms. The Balaban J connectivity index is 2.00. The molecule has 0 spiro atoms. The molecule has 2 nitrogen and oxygen atoms in total. The summed E-state index contributed by atoms with van der Waals surface area (Å²) in [4.78, 5) is 14.2. The summed E-state index contributed by atoms with van der Waals surface area (Å²) in [6.45, 7) is 3.42. The largest absolute Gasteiger partial charge is 0.338 e. The molecule has 0 saturated carbocycles. The van der Waals surface area contributed by atoms with E-state index in [1.165, 1.54) is 5.56 Å². The summed E-state index contributed by atoms with van der Waals surface area (Å²) >= 11 is 3.40. The molecule has 0 aromatic heterocycles. The number of likely N-dealkylation sites (N-methyl/N-ethyl adjacent to an activating group) is 1. The van der Waals surface area contributed by atoms with Gasteiger partial charge in [-0.1, -0.05) is 58.4 Å². The Kier molecular flexibility index (Phi) is 5.36. The van der Waals surface area contributed by atoms with Crippen LogP contribution in [0.3, 0.4) is 0 Å². The predicted molar refractivity (Wildman–Crippen MR) is 85.4 cm³/mol. The molecule has 0 heterocycles. The van der Waals surface area contributed by atoms with Gasteiger partial charge in [-0.15, -0.1) is 0 Å². The fourth-order valence-electron chi connectivity index (χ4n) is 2.07. The predicted octanol–water partition coefficient (Wildman–Crippen LogP) is 4.04. The normalized spacial score (nSPS) is 10.3. The van der Waals surface area contributed by atoms with Crippen molar-refractivity contribution in [2.45, 2.75) is 19.9 Å². The van der Waals surface area contributed by atoms with E-state index in [2.05, 4.69) is 28.1 Å². The Morgan fingerprint density at radius 3 is 2.25 bits per heavy atom. The zero-order valence-electron chi connectivity index (χ0n) is 11.6. The zero-order valence-corrected chi connectivity index (χ0v) is 13.1. The highest BCUT2D eigenvalue weighted by atomic mass is 79.9. The molecule has 0 saturated heterocycles. The first-order valence-corrected chi connectivity index (χ1v) is 7.54. The van der Waals surface area contributed by atoms with E-state index in [-0.39, 0.29) is 5.91 Å². The molecule has 2 aromatic carbocycles. The van der Waals surface area contributed by atoms with Gasteiger partial charge in [0.05, 0.1) is 6.42 Å². The van der Waals surface area contributed by atoms with Gasteiger partial charge in [-0.3, -0.25) is 4.79 Å². The Hall–Kier alpha value is -1.61. The zero-order chi connectivity index (χ0) is 14.4. The molecular weight excluding hydrogens is 314 g/mol. The minimum Gasteiger partial charge on any atom is -0.338 e. The number of nitrogens with zero attached hydrogens (tertiary/aromatic N) is 1. The Morgan fingerprint density at radius 1 is 1.00 bits per heavy atom. The van der Waals surface area contributed by atoms with E-state index in [1.54, 1.807) is 0 Å². The molecule has 0 aliphatic heterocycles. The van der Waals surface area contributed by atoms with Gasteiger partial charge < -0.3 is 4.90 Å². The van der Waals surface area contributed by atoms with Crippen molar-refractivity contribution < 1.29 is 4.79 Å². The summed E-state index contributed by atoms with van der Waals surface area (Å²) in [6.07, 6.45) is 0.452. The van der Waals surface area contributed by atoms with Crippen LogP contribution < -0.4 is 0 Å². The molecule has 0 atom stereocenters. The summed E-state index contributed by atoms with van der Waals surface area (Å²) in [6, 6.07) is 18.0. The van der Waals surface area contributed by atoms with Gasteiger partial charge in [0.1, 0.15) is 0 Å².